The standard InChI is InChI=1S/C25H22F2N2O4/c1-13-4-6-20(26)19(8-13)25-21(30)7-5-16(28-25)10-18-14(2)9-22(24(27)15(18)3)32-12-17-11-23(31)33-29-17/h4-9,30H,10-12H2,1-3H3. The van der Waals surface area contributed by atoms with E-state index in [-0.39, 0.29) is 42.2 Å². The Bertz CT molecular complexity index is 1290. The molecule has 4 rings (SSSR count). The van der Waals surface area contributed by atoms with Crippen molar-refractivity contribution in [1.29, 1.82) is 0 Å². The fourth-order valence-corrected chi connectivity index (χ4v) is 3.71. The third-order valence-electron chi connectivity index (χ3n) is 5.51. The summed E-state index contributed by atoms with van der Waals surface area (Å²) < 4.78 is 34.9. The van der Waals surface area contributed by atoms with E-state index in [1.807, 2.05) is 13.8 Å². The number of halogens is 2. The van der Waals surface area contributed by atoms with Gasteiger partial charge in [-0.1, -0.05) is 16.8 Å². The van der Waals surface area contributed by atoms with E-state index in [2.05, 4.69) is 15.0 Å². The molecule has 0 radical (unpaired) electrons. The van der Waals surface area contributed by atoms with Gasteiger partial charge in [-0.15, -0.1) is 0 Å². The number of oxime groups is 1. The quantitative estimate of drug-likeness (QED) is 0.537. The number of benzene rings is 2. The van der Waals surface area contributed by atoms with E-state index in [4.69, 9.17) is 4.74 Å². The fraction of sp³-hybridized carbons (Fsp3) is 0.240. The van der Waals surface area contributed by atoms with E-state index in [1.165, 1.54) is 12.1 Å². The molecule has 2 heterocycles. The summed E-state index contributed by atoms with van der Waals surface area (Å²) in [6.07, 6.45) is 0.304. The molecular weight excluding hydrogens is 430 g/mol. The molecular formula is C25H22F2N2O4. The molecule has 0 fully saturated rings. The van der Waals surface area contributed by atoms with Gasteiger partial charge in [-0.05, 0) is 67.8 Å². The first kappa shape index (κ1) is 22.4. The number of aryl methyl sites for hydroxylation is 2. The number of carbonyl (C=O) groups excluding carboxylic acids is 1. The highest BCUT2D eigenvalue weighted by Crippen LogP contribution is 2.32. The van der Waals surface area contributed by atoms with Gasteiger partial charge >= 0.3 is 5.97 Å². The van der Waals surface area contributed by atoms with Crippen LogP contribution in [0, 0.1) is 32.4 Å². The molecule has 0 spiro atoms. The van der Waals surface area contributed by atoms with Crippen LogP contribution in [-0.4, -0.2) is 28.4 Å². The number of hydrogen-bond acceptors (Lipinski definition) is 6. The molecule has 0 amide bonds. The number of ether oxygens (including phenoxy) is 1. The number of pyridine rings is 1. The number of carbonyl (C=O) groups is 1. The van der Waals surface area contributed by atoms with Crippen LogP contribution in [0.4, 0.5) is 8.78 Å². The number of aromatic nitrogens is 1. The molecule has 3 aromatic rings. The molecule has 0 aliphatic carbocycles. The van der Waals surface area contributed by atoms with Crippen molar-refractivity contribution >= 4 is 11.7 Å². The minimum atomic E-state index is -0.523. The molecule has 33 heavy (non-hydrogen) atoms. The summed E-state index contributed by atoms with van der Waals surface area (Å²) in [5.74, 6) is -1.56. The Morgan fingerprint density at radius 2 is 1.91 bits per heavy atom. The zero-order valence-corrected chi connectivity index (χ0v) is 18.4. The van der Waals surface area contributed by atoms with Crippen molar-refractivity contribution in [3.8, 4) is 22.8 Å². The lowest BCUT2D eigenvalue weighted by atomic mass is 9.96. The third kappa shape index (κ3) is 4.69. The van der Waals surface area contributed by atoms with Crippen molar-refractivity contribution in [2.24, 2.45) is 5.16 Å². The molecule has 1 aliphatic rings. The van der Waals surface area contributed by atoms with Gasteiger partial charge in [-0.3, -0.25) is 0 Å². The smallest absolute Gasteiger partial charge is 0.340 e. The zero-order chi connectivity index (χ0) is 23.7. The summed E-state index contributed by atoms with van der Waals surface area (Å²) in [5, 5.41) is 13.9. The second-order valence-electron chi connectivity index (χ2n) is 8.03. The van der Waals surface area contributed by atoms with Gasteiger partial charge in [0, 0.05) is 17.7 Å². The van der Waals surface area contributed by atoms with Crippen molar-refractivity contribution in [3.63, 3.8) is 0 Å². The third-order valence-corrected chi connectivity index (χ3v) is 5.51. The van der Waals surface area contributed by atoms with Crippen LogP contribution in [0.5, 0.6) is 11.5 Å². The van der Waals surface area contributed by atoms with Crippen LogP contribution >= 0.6 is 0 Å². The van der Waals surface area contributed by atoms with E-state index in [0.717, 1.165) is 11.1 Å². The predicted octanol–water partition coefficient (Wildman–Crippen LogP) is 4.93. The second-order valence-corrected chi connectivity index (χ2v) is 8.03. The Morgan fingerprint density at radius 3 is 2.64 bits per heavy atom. The Hall–Kier alpha value is -3.81. The van der Waals surface area contributed by atoms with Crippen molar-refractivity contribution in [2.45, 2.75) is 33.6 Å². The second kappa shape index (κ2) is 8.97. The van der Waals surface area contributed by atoms with Crippen LogP contribution in [0.2, 0.25) is 0 Å². The molecule has 0 bridgehead atoms. The van der Waals surface area contributed by atoms with Crippen LogP contribution in [0.15, 0.2) is 41.6 Å². The number of aromatic hydroxyl groups is 1. The Labute approximate surface area is 189 Å². The number of hydrogen-bond donors (Lipinski definition) is 1. The minimum Gasteiger partial charge on any atom is -0.506 e. The van der Waals surface area contributed by atoms with Crippen molar-refractivity contribution in [1.82, 2.24) is 4.98 Å². The maximum Gasteiger partial charge on any atom is 0.340 e. The van der Waals surface area contributed by atoms with E-state index in [9.17, 15) is 14.3 Å². The first-order valence-electron chi connectivity index (χ1n) is 10.3. The predicted molar refractivity (Wildman–Crippen MR) is 118 cm³/mol. The van der Waals surface area contributed by atoms with Gasteiger partial charge in [0.15, 0.2) is 11.6 Å². The molecule has 1 aromatic heterocycles. The maximum absolute atomic E-state index is 15.0. The van der Waals surface area contributed by atoms with Crippen LogP contribution < -0.4 is 4.74 Å². The van der Waals surface area contributed by atoms with E-state index in [0.29, 0.717) is 22.5 Å². The Kier molecular flexibility index (Phi) is 6.09. The van der Waals surface area contributed by atoms with Gasteiger partial charge in [0.05, 0.1) is 6.42 Å². The summed E-state index contributed by atoms with van der Waals surface area (Å²) >= 11 is 0. The van der Waals surface area contributed by atoms with Crippen molar-refractivity contribution < 1.29 is 28.3 Å². The first-order valence-corrected chi connectivity index (χ1v) is 10.3. The van der Waals surface area contributed by atoms with Gasteiger partial charge in [0.1, 0.15) is 29.6 Å². The highest BCUT2D eigenvalue weighted by Gasteiger charge is 2.21. The Balaban J connectivity index is 1.61. The van der Waals surface area contributed by atoms with Crippen molar-refractivity contribution in [3.05, 3.63) is 76.0 Å². The minimum absolute atomic E-state index is 0.0219. The van der Waals surface area contributed by atoms with E-state index in [1.54, 1.807) is 31.2 Å². The molecule has 8 heteroatoms. The average molecular weight is 452 g/mol. The summed E-state index contributed by atoms with van der Waals surface area (Å²) in [7, 11) is 0. The lowest BCUT2D eigenvalue weighted by Gasteiger charge is -2.16. The SMILES string of the molecule is Cc1ccc(F)c(-c2nc(Cc3c(C)cc(OCC4=NOC(=O)C4)c(F)c3C)ccc2O)c1. The lowest BCUT2D eigenvalue weighted by molar-refractivity contribution is -0.140. The average Bonchev–Trinajstić information content (AvgIpc) is 3.20. The molecule has 170 valence electrons. The Morgan fingerprint density at radius 1 is 1.12 bits per heavy atom. The van der Waals surface area contributed by atoms with Gasteiger partial charge in [0.2, 0.25) is 0 Å². The largest absolute Gasteiger partial charge is 0.506 e. The van der Waals surface area contributed by atoms with E-state index < -0.39 is 17.6 Å². The highest BCUT2D eigenvalue weighted by atomic mass is 19.1. The van der Waals surface area contributed by atoms with Gasteiger partial charge < -0.3 is 14.7 Å². The van der Waals surface area contributed by atoms with Crippen LogP contribution in [-0.2, 0) is 16.1 Å². The molecule has 0 unspecified atom stereocenters. The van der Waals surface area contributed by atoms with Gasteiger partial charge in [-0.2, -0.15) is 0 Å². The summed E-state index contributed by atoms with van der Waals surface area (Å²) in [6.45, 7) is 5.25. The monoisotopic (exact) mass is 452 g/mol. The maximum atomic E-state index is 15.0. The lowest BCUT2D eigenvalue weighted by Crippen LogP contribution is -2.12. The molecule has 2 aromatic carbocycles. The first-order chi connectivity index (χ1) is 15.7. The van der Waals surface area contributed by atoms with Crippen LogP contribution in [0.3, 0.4) is 0 Å². The molecule has 0 atom stereocenters. The molecule has 1 N–H and O–H groups in total. The zero-order valence-electron chi connectivity index (χ0n) is 18.4. The molecule has 0 saturated carbocycles. The number of rotatable bonds is 6. The topological polar surface area (TPSA) is 81.0 Å². The van der Waals surface area contributed by atoms with Crippen LogP contribution in [0.25, 0.3) is 11.3 Å². The summed E-state index contributed by atoms with van der Waals surface area (Å²) in [4.78, 5) is 20.1. The molecule has 0 saturated heterocycles. The molecule has 1 aliphatic heterocycles. The van der Waals surface area contributed by atoms with E-state index >= 15 is 4.39 Å². The summed E-state index contributed by atoms with van der Waals surface area (Å²) in [6, 6.07) is 9.27. The summed E-state index contributed by atoms with van der Waals surface area (Å²) in [5.41, 5.74) is 4.01. The normalized spacial score (nSPS) is 13.1. The van der Waals surface area contributed by atoms with Gasteiger partial charge in [-0.25, -0.2) is 18.6 Å². The number of nitrogens with zero attached hydrogens (tertiary/aromatic N) is 2. The fourth-order valence-electron chi connectivity index (χ4n) is 3.71. The van der Waals surface area contributed by atoms with Crippen molar-refractivity contribution in [2.75, 3.05) is 6.61 Å². The van der Waals surface area contributed by atoms with Gasteiger partial charge in [0.25, 0.3) is 0 Å². The highest BCUT2D eigenvalue weighted by molar-refractivity contribution is 6.02. The molecule has 6 nitrogen and oxygen atoms in total. The van der Waals surface area contributed by atoms with Crippen LogP contribution in [0.1, 0.15) is 34.4 Å².